The van der Waals surface area contributed by atoms with Crippen molar-refractivity contribution in [3.63, 3.8) is 0 Å². The Morgan fingerprint density at radius 1 is 1.17 bits per heavy atom. The van der Waals surface area contributed by atoms with Crippen molar-refractivity contribution < 1.29 is 14.0 Å². The van der Waals surface area contributed by atoms with Crippen molar-refractivity contribution in [2.75, 3.05) is 23.7 Å². The molecule has 0 radical (unpaired) electrons. The van der Waals surface area contributed by atoms with E-state index in [1.165, 1.54) is 18.3 Å². The minimum atomic E-state index is -0.567. The van der Waals surface area contributed by atoms with Crippen LogP contribution in [0.1, 0.15) is 37.0 Å². The molecule has 6 nitrogen and oxygen atoms in total. The van der Waals surface area contributed by atoms with Crippen LogP contribution in [0, 0.1) is 11.7 Å². The lowest BCUT2D eigenvalue weighted by molar-refractivity contribution is -0.121. The molecule has 29 heavy (non-hydrogen) atoms. The summed E-state index contributed by atoms with van der Waals surface area (Å²) in [6.45, 7) is 5.99. The summed E-state index contributed by atoms with van der Waals surface area (Å²) in [5.41, 5.74) is 0.309. The molecule has 0 atom stereocenters. The number of rotatable bonds is 5. The number of hydrogen-bond acceptors (Lipinski definition) is 4. The molecule has 0 bridgehead atoms. The zero-order valence-electron chi connectivity index (χ0n) is 16.4. The molecule has 0 aliphatic carbocycles. The Hall–Kier alpha value is -2.51. The summed E-state index contributed by atoms with van der Waals surface area (Å²) < 4.78 is 13.8. The highest BCUT2D eigenvalue weighted by molar-refractivity contribution is 6.30. The predicted molar refractivity (Wildman–Crippen MR) is 112 cm³/mol. The van der Waals surface area contributed by atoms with Gasteiger partial charge in [-0.2, -0.15) is 0 Å². The summed E-state index contributed by atoms with van der Waals surface area (Å²) in [6, 6.07) is 7.30. The van der Waals surface area contributed by atoms with Crippen LogP contribution in [-0.4, -0.2) is 40.8 Å². The Labute approximate surface area is 174 Å². The molecule has 154 valence electrons. The topological polar surface area (TPSA) is 74.3 Å². The van der Waals surface area contributed by atoms with Gasteiger partial charge in [0.2, 0.25) is 5.91 Å². The number of carbonyl (C=O) groups excluding carboxylic acids is 2. The van der Waals surface area contributed by atoms with Crippen molar-refractivity contribution in [3.05, 3.63) is 52.9 Å². The molecule has 2 N–H and O–H groups in total. The van der Waals surface area contributed by atoms with E-state index in [1.807, 2.05) is 0 Å². The second-order valence-corrected chi connectivity index (χ2v) is 7.84. The van der Waals surface area contributed by atoms with Crippen LogP contribution in [-0.2, 0) is 4.79 Å². The van der Waals surface area contributed by atoms with Gasteiger partial charge in [0.1, 0.15) is 11.6 Å². The number of carbonyl (C=O) groups is 2. The number of pyridine rings is 1. The molecule has 8 heteroatoms. The van der Waals surface area contributed by atoms with Crippen LogP contribution in [0.25, 0.3) is 0 Å². The number of nitrogens with one attached hydrogen (secondary N) is 2. The van der Waals surface area contributed by atoms with E-state index in [9.17, 15) is 14.0 Å². The van der Waals surface area contributed by atoms with Gasteiger partial charge in [-0.05, 0) is 70.1 Å². The molecule has 1 saturated heterocycles. The third-order valence-corrected chi connectivity index (χ3v) is 5.31. The van der Waals surface area contributed by atoms with Crippen LogP contribution in [0.5, 0.6) is 0 Å². The lowest BCUT2D eigenvalue weighted by atomic mass is 9.95. The predicted octanol–water partition coefficient (Wildman–Crippen LogP) is 4.19. The highest BCUT2D eigenvalue weighted by Crippen LogP contribution is 2.24. The molecule has 1 fully saturated rings. The highest BCUT2D eigenvalue weighted by atomic mass is 35.5. The smallest absolute Gasteiger partial charge is 0.259 e. The zero-order chi connectivity index (χ0) is 21.0. The number of anilines is 2. The van der Waals surface area contributed by atoms with Crippen LogP contribution >= 0.6 is 11.6 Å². The van der Waals surface area contributed by atoms with E-state index >= 15 is 0 Å². The molecule has 1 aliphatic rings. The normalized spacial score (nSPS) is 15.3. The monoisotopic (exact) mass is 418 g/mol. The summed E-state index contributed by atoms with van der Waals surface area (Å²) in [7, 11) is 0. The van der Waals surface area contributed by atoms with E-state index in [4.69, 9.17) is 11.6 Å². The van der Waals surface area contributed by atoms with Crippen LogP contribution < -0.4 is 10.6 Å². The van der Waals surface area contributed by atoms with E-state index in [0.29, 0.717) is 11.1 Å². The van der Waals surface area contributed by atoms with Gasteiger partial charge in [-0.1, -0.05) is 11.6 Å². The maximum atomic E-state index is 13.8. The molecule has 2 heterocycles. The number of aromatic nitrogens is 1. The number of benzene rings is 1. The first-order valence-corrected chi connectivity index (χ1v) is 9.98. The number of nitrogens with zero attached hydrogens (tertiary/aromatic N) is 2. The fourth-order valence-electron chi connectivity index (χ4n) is 3.36. The molecule has 0 saturated carbocycles. The average Bonchev–Trinajstić information content (AvgIpc) is 2.71. The molecule has 1 aromatic heterocycles. The van der Waals surface area contributed by atoms with Gasteiger partial charge in [0.25, 0.3) is 5.91 Å². The quantitative estimate of drug-likeness (QED) is 0.763. The second-order valence-electron chi connectivity index (χ2n) is 7.40. The Balaban J connectivity index is 1.70. The Bertz CT molecular complexity index is 881. The van der Waals surface area contributed by atoms with E-state index in [-0.39, 0.29) is 28.9 Å². The maximum Gasteiger partial charge on any atom is 0.259 e. The molecule has 2 aromatic rings. The molecule has 2 amide bonds. The third kappa shape index (κ3) is 5.52. The zero-order valence-corrected chi connectivity index (χ0v) is 17.2. The Kier molecular flexibility index (Phi) is 6.82. The molecular formula is C21H24ClFN4O2. The minimum absolute atomic E-state index is 0.0368. The lowest BCUT2D eigenvalue weighted by Crippen LogP contribution is -2.41. The van der Waals surface area contributed by atoms with Crippen molar-refractivity contribution in [2.45, 2.75) is 32.7 Å². The first kappa shape index (κ1) is 21.2. The van der Waals surface area contributed by atoms with Crippen molar-refractivity contribution in [1.82, 2.24) is 9.88 Å². The number of likely N-dealkylation sites (tertiary alicyclic amines) is 1. The van der Waals surface area contributed by atoms with E-state index < -0.39 is 11.7 Å². The van der Waals surface area contributed by atoms with E-state index in [1.54, 1.807) is 12.1 Å². The summed E-state index contributed by atoms with van der Waals surface area (Å²) >= 11 is 5.79. The van der Waals surface area contributed by atoms with Gasteiger partial charge in [0.05, 0.1) is 16.3 Å². The van der Waals surface area contributed by atoms with E-state index in [2.05, 4.69) is 34.4 Å². The summed E-state index contributed by atoms with van der Waals surface area (Å²) in [5.74, 6) is -1.14. The summed E-state index contributed by atoms with van der Waals surface area (Å²) in [4.78, 5) is 31.7. The highest BCUT2D eigenvalue weighted by Gasteiger charge is 2.27. The molecule has 1 aliphatic heterocycles. The van der Waals surface area contributed by atoms with Crippen molar-refractivity contribution >= 4 is 34.9 Å². The maximum absolute atomic E-state index is 13.8. The Morgan fingerprint density at radius 3 is 2.52 bits per heavy atom. The average molecular weight is 419 g/mol. The van der Waals surface area contributed by atoms with Crippen LogP contribution in [0.4, 0.5) is 15.9 Å². The summed E-state index contributed by atoms with van der Waals surface area (Å²) in [6.07, 6.45) is 2.90. The molecule has 0 spiro atoms. The first-order chi connectivity index (χ1) is 13.8. The van der Waals surface area contributed by atoms with Crippen LogP contribution in [0.2, 0.25) is 5.02 Å². The van der Waals surface area contributed by atoms with Crippen molar-refractivity contribution in [3.8, 4) is 0 Å². The lowest BCUT2D eigenvalue weighted by Gasteiger charge is -2.34. The second kappa shape index (κ2) is 9.33. The number of piperidine rings is 1. The molecule has 3 rings (SSSR count). The number of hydrogen-bond donors (Lipinski definition) is 2. The fraction of sp³-hybridized carbons (Fsp3) is 0.381. The van der Waals surface area contributed by atoms with Gasteiger partial charge < -0.3 is 15.5 Å². The molecular weight excluding hydrogens is 395 g/mol. The third-order valence-electron chi connectivity index (χ3n) is 5.08. The molecule has 1 aromatic carbocycles. The SMILES string of the molecule is CC(C)N1CCC(C(=O)Nc2ccc(F)cc2C(=O)Nc2ccc(Cl)cn2)CC1. The molecule has 0 unspecified atom stereocenters. The van der Waals surface area contributed by atoms with Gasteiger partial charge in [-0.3, -0.25) is 9.59 Å². The fourth-order valence-corrected chi connectivity index (χ4v) is 3.47. The van der Waals surface area contributed by atoms with Crippen molar-refractivity contribution in [2.24, 2.45) is 5.92 Å². The Morgan fingerprint density at radius 2 is 1.90 bits per heavy atom. The summed E-state index contributed by atoms with van der Waals surface area (Å²) in [5, 5.41) is 5.83. The van der Waals surface area contributed by atoms with Gasteiger partial charge in [-0.15, -0.1) is 0 Å². The number of halogens is 2. The number of amides is 2. The van der Waals surface area contributed by atoms with E-state index in [0.717, 1.165) is 32.0 Å². The minimum Gasteiger partial charge on any atom is -0.325 e. The standard InChI is InChI=1S/C21H24ClFN4O2/c1-13(2)27-9-7-14(8-10-27)20(28)25-18-5-4-16(23)11-17(18)21(29)26-19-6-3-15(22)12-24-19/h3-6,11-14H,7-10H2,1-2H3,(H,25,28)(H,24,26,29). The van der Waals surface area contributed by atoms with Gasteiger partial charge in [0, 0.05) is 18.2 Å². The van der Waals surface area contributed by atoms with Crippen molar-refractivity contribution in [1.29, 1.82) is 0 Å². The largest absolute Gasteiger partial charge is 0.325 e. The van der Waals surface area contributed by atoms with Gasteiger partial charge in [-0.25, -0.2) is 9.37 Å². The van der Waals surface area contributed by atoms with Gasteiger partial charge >= 0.3 is 0 Å². The van der Waals surface area contributed by atoms with Crippen LogP contribution in [0.3, 0.4) is 0 Å². The van der Waals surface area contributed by atoms with Gasteiger partial charge in [0.15, 0.2) is 0 Å². The first-order valence-electron chi connectivity index (χ1n) is 9.61. The van der Waals surface area contributed by atoms with Crippen LogP contribution in [0.15, 0.2) is 36.5 Å².